The summed E-state index contributed by atoms with van der Waals surface area (Å²) in [6.45, 7) is 11.4. The molecule has 0 aliphatic carbocycles. The number of aryl methyl sites for hydroxylation is 1. The maximum atomic E-state index is 5.60. The summed E-state index contributed by atoms with van der Waals surface area (Å²) in [5.74, 6) is 0. The predicted octanol–water partition coefficient (Wildman–Crippen LogP) is 3.22. The van der Waals surface area contributed by atoms with Crippen molar-refractivity contribution in [1.29, 1.82) is 0 Å². The van der Waals surface area contributed by atoms with Crippen LogP contribution in [0, 0.1) is 6.92 Å². The Morgan fingerprint density at radius 1 is 1.22 bits per heavy atom. The van der Waals surface area contributed by atoms with Crippen LogP contribution >= 0.6 is 0 Å². The summed E-state index contributed by atoms with van der Waals surface area (Å²) in [7, 11) is 0. The molecular formula is C15H25NO2. The number of anilines is 1. The molecule has 0 saturated heterocycles. The van der Waals surface area contributed by atoms with E-state index < -0.39 is 0 Å². The highest BCUT2D eigenvalue weighted by molar-refractivity contribution is 5.48. The van der Waals surface area contributed by atoms with Crippen molar-refractivity contribution in [2.24, 2.45) is 0 Å². The lowest BCUT2D eigenvalue weighted by molar-refractivity contribution is -0.124. The largest absolute Gasteiger partial charge is 0.369 e. The molecule has 0 aliphatic heterocycles. The van der Waals surface area contributed by atoms with E-state index in [2.05, 4.69) is 43.0 Å². The first-order valence-corrected chi connectivity index (χ1v) is 6.72. The fraction of sp³-hybridized carbons (Fsp3) is 0.600. The number of nitrogens with zero attached hydrogens (tertiary/aromatic N) is 1. The van der Waals surface area contributed by atoms with Gasteiger partial charge in [-0.25, -0.2) is 0 Å². The SMILES string of the molecule is CCOC(C)OCCN(CC)c1cccc(C)c1. The molecule has 1 unspecified atom stereocenters. The van der Waals surface area contributed by atoms with Crippen molar-refractivity contribution >= 4 is 5.69 Å². The van der Waals surface area contributed by atoms with Crippen LogP contribution in [0.3, 0.4) is 0 Å². The van der Waals surface area contributed by atoms with E-state index in [0.717, 1.165) is 13.1 Å². The van der Waals surface area contributed by atoms with Gasteiger partial charge in [0.05, 0.1) is 6.61 Å². The van der Waals surface area contributed by atoms with Crippen molar-refractivity contribution < 1.29 is 9.47 Å². The molecule has 0 heterocycles. The van der Waals surface area contributed by atoms with Crippen molar-refractivity contribution in [3.05, 3.63) is 29.8 Å². The van der Waals surface area contributed by atoms with Gasteiger partial charge in [0, 0.05) is 25.4 Å². The van der Waals surface area contributed by atoms with Crippen LogP contribution in [0.1, 0.15) is 26.3 Å². The Kier molecular flexibility index (Phi) is 6.76. The molecule has 1 atom stereocenters. The van der Waals surface area contributed by atoms with Gasteiger partial charge in [0.1, 0.15) is 0 Å². The predicted molar refractivity (Wildman–Crippen MR) is 76.1 cm³/mol. The number of rotatable bonds is 8. The molecule has 102 valence electrons. The second kappa shape index (κ2) is 8.11. The van der Waals surface area contributed by atoms with Gasteiger partial charge in [-0.1, -0.05) is 12.1 Å². The van der Waals surface area contributed by atoms with Crippen molar-refractivity contribution in [3.63, 3.8) is 0 Å². The Labute approximate surface area is 111 Å². The maximum absolute atomic E-state index is 5.60. The van der Waals surface area contributed by atoms with E-state index in [1.165, 1.54) is 11.3 Å². The van der Waals surface area contributed by atoms with E-state index in [1.54, 1.807) is 0 Å². The molecule has 0 aliphatic rings. The number of likely N-dealkylation sites (N-methyl/N-ethyl adjacent to an activating group) is 1. The van der Waals surface area contributed by atoms with Gasteiger partial charge in [0.25, 0.3) is 0 Å². The Morgan fingerprint density at radius 3 is 2.61 bits per heavy atom. The third-order valence-corrected chi connectivity index (χ3v) is 2.86. The molecule has 0 spiro atoms. The Bertz CT molecular complexity index is 341. The first-order valence-electron chi connectivity index (χ1n) is 6.72. The maximum Gasteiger partial charge on any atom is 0.154 e. The Balaban J connectivity index is 2.43. The summed E-state index contributed by atoms with van der Waals surface area (Å²) in [6, 6.07) is 8.56. The molecular weight excluding hydrogens is 226 g/mol. The summed E-state index contributed by atoms with van der Waals surface area (Å²) in [6.07, 6.45) is -0.119. The normalized spacial score (nSPS) is 12.4. The van der Waals surface area contributed by atoms with Crippen LogP contribution in [0.4, 0.5) is 5.69 Å². The first-order chi connectivity index (χ1) is 8.67. The molecule has 0 amide bonds. The molecule has 0 bridgehead atoms. The number of hydrogen-bond acceptors (Lipinski definition) is 3. The second-order valence-electron chi connectivity index (χ2n) is 4.31. The third-order valence-electron chi connectivity index (χ3n) is 2.86. The lowest BCUT2D eigenvalue weighted by Crippen LogP contribution is -2.28. The Morgan fingerprint density at radius 2 is 2.00 bits per heavy atom. The van der Waals surface area contributed by atoms with Gasteiger partial charge in [-0.2, -0.15) is 0 Å². The molecule has 3 heteroatoms. The summed E-state index contributed by atoms with van der Waals surface area (Å²) in [5.41, 5.74) is 2.54. The van der Waals surface area contributed by atoms with Crippen molar-refractivity contribution in [2.75, 3.05) is 31.2 Å². The summed E-state index contributed by atoms with van der Waals surface area (Å²) >= 11 is 0. The molecule has 0 fully saturated rings. The minimum absolute atomic E-state index is 0.119. The molecule has 18 heavy (non-hydrogen) atoms. The van der Waals surface area contributed by atoms with E-state index in [-0.39, 0.29) is 6.29 Å². The van der Waals surface area contributed by atoms with Crippen LogP contribution in [-0.4, -0.2) is 32.6 Å². The highest BCUT2D eigenvalue weighted by atomic mass is 16.7. The Hall–Kier alpha value is -1.06. The highest BCUT2D eigenvalue weighted by Crippen LogP contribution is 2.15. The number of ether oxygens (including phenoxy) is 2. The zero-order valence-corrected chi connectivity index (χ0v) is 12.0. The van der Waals surface area contributed by atoms with Gasteiger partial charge in [-0.3, -0.25) is 0 Å². The fourth-order valence-electron chi connectivity index (χ4n) is 1.91. The molecule has 1 aromatic rings. The van der Waals surface area contributed by atoms with E-state index >= 15 is 0 Å². The fourth-order valence-corrected chi connectivity index (χ4v) is 1.91. The van der Waals surface area contributed by atoms with Crippen LogP contribution in [0.2, 0.25) is 0 Å². The third kappa shape index (κ3) is 5.07. The summed E-state index contributed by atoms with van der Waals surface area (Å²) < 4.78 is 10.9. The van der Waals surface area contributed by atoms with Gasteiger partial charge >= 0.3 is 0 Å². The average Bonchev–Trinajstić information content (AvgIpc) is 2.35. The van der Waals surface area contributed by atoms with E-state index in [1.807, 2.05) is 13.8 Å². The van der Waals surface area contributed by atoms with Gasteiger partial charge in [0.2, 0.25) is 0 Å². The molecule has 0 saturated carbocycles. The molecule has 1 rings (SSSR count). The van der Waals surface area contributed by atoms with Crippen LogP contribution in [0.15, 0.2) is 24.3 Å². The lowest BCUT2D eigenvalue weighted by atomic mass is 10.2. The van der Waals surface area contributed by atoms with E-state index in [0.29, 0.717) is 13.2 Å². The highest BCUT2D eigenvalue weighted by Gasteiger charge is 2.06. The van der Waals surface area contributed by atoms with Gasteiger partial charge < -0.3 is 14.4 Å². The lowest BCUT2D eigenvalue weighted by Gasteiger charge is -2.24. The molecule has 0 radical (unpaired) electrons. The summed E-state index contributed by atoms with van der Waals surface area (Å²) in [5, 5.41) is 0. The van der Waals surface area contributed by atoms with Crippen LogP contribution in [0.25, 0.3) is 0 Å². The monoisotopic (exact) mass is 251 g/mol. The standard InChI is InChI=1S/C15H25NO2/c1-5-16(10-11-18-14(4)17-6-2)15-9-7-8-13(3)12-15/h7-9,12,14H,5-6,10-11H2,1-4H3. The minimum Gasteiger partial charge on any atom is -0.369 e. The van der Waals surface area contributed by atoms with Gasteiger partial charge in [-0.05, 0) is 45.4 Å². The molecule has 0 N–H and O–H groups in total. The van der Waals surface area contributed by atoms with Crippen LogP contribution < -0.4 is 4.90 Å². The smallest absolute Gasteiger partial charge is 0.154 e. The quantitative estimate of drug-likeness (QED) is 0.662. The minimum atomic E-state index is -0.119. The zero-order chi connectivity index (χ0) is 13.4. The van der Waals surface area contributed by atoms with Crippen molar-refractivity contribution in [1.82, 2.24) is 0 Å². The van der Waals surface area contributed by atoms with Crippen LogP contribution in [-0.2, 0) is 9.47 Å². The first kappa shape index (κ1) is 15.0. The van der Waals surface area contributed by atoms with E-state index in [4.69, 9.17) is 9.47 Å². The average molecular weight is 251 g/mol. The molecule has 0 aromatic heterocycles. The number of benzene rings is 1. The second-order valence-corrected chi connectivity index (χ2v) is 4.31. The van der Waals surface area contributed by atoms with Gasteiger partial charge in [0.15, 0.2) is 6.29 Å². The van der Waals surface area contributed by atoms with E-state index in [9.17, 15) is 0 Å². The molecule has 1 aromatic carbocycles. The van der Waals surface area contributed by atoms with Crippen LogP contribution in [0.5, 0.6) is 0 Å². The number of hydrogen-bond donors (Lipinski definition) is 0. The van der Waals surface area contributed by atoms with Crippen molar-refractivity contribution in [2.45, 2.75) is 34.0 Å². The summed E-state index contributed by atoms with van der Waals surface area (Å²) in [4.78, 5) is 2.31. The zero-order valence-electron chi connectivity index (χ0n) is 12.0. The van der Waals surface area contributed by atoms with Gasteiger partial charge in [-0.15, -0.1) is 0 Å². The molecule has 3 nitrogen and oxygen atoms in total. The van der Waals surface area contributed by atoms with Crippen molar-refractivity contribution in [3.8, 4) is 0 Å². The topological polar surface area (TPSA) is 21.7 Å².